The fraction of sp³-hybridized carbons (Fsp3) is 0.591. The number of hydrogen-bond acceptors (Lipinski definition) is 4. The summed E-state index contributed by atoms with van der Waals surface area (Å²) in [5.74, 6) is -1.51. The lowest BCUT2D eigenvalue weighted by Gasteiger charge is -2.39. The molecule has 2 fully saturated rings. The number of rotatable bonds is 7. The number of carboxylic acids is 1. The maximum absolute atomic E-state index is 13.2. The number of halogens is 1. The summed E-state index contributed by atoms with van der Waals surface area (Å²) in [5, 5.41) is 9.29. The van der Waals surface area contributed by atoms with Gasteiger partial charge in [-0.25, -0.2) is 4.39 Å². The summed E-state index contributed by atoms with van der Waals surface area (Å²) >= 11 is 0. The zero-order chi connectivity index (χ0) is 21.7. The molecule has 0 aliphatic carbocycles. The van der Waals surface area contributed by atoms with E-state index in [4.69, 9.17) is 5.73 Å². The maximum Gasteiger partial charge on any atom is 0.303 e. The van der Waals surface area contributed by atoms with Gasteiger partial charge in [-0.1, -0.05) is 0 Å². The number of aliphatic carboxylic acids is 1. The summed E-state index contributed by atoms with van der Waals surface area (Å²) in [6, 6.07) is 5.52. The Morgan fingerprint density at radius 3 is 2.30 bits per heavy atom. The third kappa shape index (κ3) is 5.78. The van der Waals surface area contributed by atoms with Crippen LogP contribution in [-0.4, -0.2) is 65.4 Å². The average molecular weight is 419 g/mol. The van der Waals surface area contributed by atoms with Crippen LogP contribution in [0.25, 0.3) is 0 Å². The molecule has 3 rings (SSSR count). The van der Waals surface area contributed by atoms with Gasteiger partial charge in [0.05, 0.1) is 0 Å². The van der Waals surface area contributed by atoms with E-state index in [0.29, 0.717) is 25.1 Å². The first-order chi connectivity index (χ1) is 14.3. The van der Waals surface area contributed by atoms with Crippen LogP contribution >= 0.6 is 0 Å². The van der Waals surface area contributed by atoms with E-state index in [-0.39, 0.29) is 41.8 Å². The fourth-order valence-corrected chi connectivity index (χ4v) is 4.65. The van der Waals surface area contributed by atoms with Crippen LogP contribution in [0.15, 0.2) is 24.3 Å². The first kappa shape index (κ1) is 22.2. The van der Waals surface area contributed by atoms with E-state index < -0.39 is 5.97 Å². The summed E-state index contributed by atoms with van der Waals surface area (Å²) < 4.78 is 13.2. The van der Waals surface area contributed by atoms with E-state index in [0.717, 1.165) is 38.9 Å². The van der Waals surface area contributed by atoms with Gasteiger partial charge in [-0.2, -0.15) is 0 Å². The second-order valence-electron chi connectivity index (χ2n) is 8.47. The molecule has 2 aliphatic rings. The second-order valence-corrected chi connectivity index (χ2v) is 8.47. The molecular weight excluding hydrogens is 389 g/mol. The van der Waals surface area contributed by atoms with Crippen molar-refractivity contribution in [2.45, 2.75) is 32.1 Å². The molecule has 0 radical (unpaired) electrons. The molecule has 0 saturated carbocycles. The van der Waals surface area contributed by atoms with Crippen LogP contribution in [-0.2, 0) is 9.59 Å². The Morgan fingerprint density at radius 2 is 1.70 bits per heavy atom. The molecule has 1 aromatic carbocycles. The van der Waals surface area contributed by atoms with Crippen molar-refractivity contribution < 1.29 is 23.9 Å². The fourth-order valence-electron chi connectivity index (χ4n) is 4.65. The molecule has 2 aliphatic heterocycles. The molecule has 164 valence electrons. The van der Waals surface area contributed by atoms with Gasteiger partial charge < -0.3 is 20.6 Å². The first-order valence-electron chi connectivity index (χ1n) is 10.6. The topological polar surface area (TPSA) is 104 Å². The Morgan fingerprint density at radius 1 is 1.03 bits per heavy atom. The van der Waals surface area contributed by atoms with Gasteiger partial charge in [-0.15, -0.1) is 0 Å². The lowest BCUT2D eigenvalue weighted by Crippen LogP contribution is -2.46. The van der Waals surface area contributed by atoms with E-state index in [1.807, 2.05) is 0 Å². The highest BCUT2D eigenvalue weighted by Crippen LogP contribution is 2.31. The number of carbonyl (C=O) groups is 3. The van der Waals surface area contributed by atoms with Gasteiger partial charge in [0.25, 0.3) is 5.91 Å². The van der Waals surface area contributed by atoms with E-state index >= 15 is 0 Å². The van der Waals surface area contributed by atoms with Crippen LogP contribution in [0.5, 0.6) is 0 Å². The van der Waals surface area contributed by atoms with Crippen LogP contribution in [0, 0.1) is 23.6 Å². The third-order valence-corrected chi connectivity index (χ3v) is 6.51. The molecule has 30 heavy (non-hydrogen) atoms. The summed E-state index contributed by atoms with van der Waals surface area (Å²) in [6.45, 7) is 3.44. The number of nitrogens with zero attached hydrogens (tertiary/aromatic N) is 2. The number of likely N-dealkylation sites (tertiary alicyclic amines) is 2. The lowest BCUT2D eigenvalue weighted by atomic mass is 9.80. The van der Waals surface area contributed by atoms with Gasteiger partial charge in [-0.3, -0.25) is 14.4 Å². The predicted molar refractivity (Wildman–Crippen MR) is 109 cm³/mol. The van der Waals surface area contributed by atoms with Crippen molar-refractivity contribution in [2.75, 3.05) is 32.7 Å². The van der Waals surface area contributed by atoms with Crippen molar-refractivity contribution in [2.24, 2.45) is 23.5 Å². The monoisotopic (exact) mass is 419 g/mol. The highest BCUT2D eigenvalue weighted by molar-refractivity contribution is 5.94. The minimum Gasteiger partial charge on any atom is -0.481 e. The van der Waals surface area contributed by atoms with Crippen molar-refractivity contribution in [3.05, 3.63) is 35.6 Å². The zero-order valence-electron chi connectivity index (χ0n) is 17.1. The normalized spacial score (nSPS) is 23.3. The quantitative estimate of drug-likeness (QED) is 0.703. The number of nitrogens with two attached hydrogens (primary N) is 1. The van der Waals surface area contributed by atoms with Crippen molar-refractivity contribution in [1.29, 1.82) is 0 Å². The maximum atomic E-state index is 13.2. The number of primary amides is 1. The number of piperidine rings is 2. The summed E-state index contributed by atoms with van der Waals surface area (Å²) in [5.41, 5.74) is 5.84. The highest BCUT2D eigenvalue weighted by Gasteiger charge is 2.33. The van der Waals surface area contributed by atoms with Crippen LogP contribution in [0.3, 0.4) is 0 Å². The minimum atomic E-state index is -0.814. The van der Waals surface area contributed by atoms with Gasteiger partial charge in [0.2, 0.25) is 5.91 Å². The molecule has 0 bridgehead atoms. The van der Waals surface area contributed by atoms with Crippen molar-refractivity contribution in [3.8, 4) is 0 Å². The highest BCUT2D eigenvalue weighted by atomic mass is 19.1. The number of amides is 2. The third-order valence-electron chi connectivity index (χ3n) is 6.51. The number of carboxylic acid groups (broad SMARTS) is 1. The van der Waals surface area contributed by atoms with Crippen LogP contribution < -0.4 is 5.73 Å². The Kier molecular flexibility index (Phi) is 7.42. The molecule has 2 amide bonds. The number of benzene rings is 1. The molecule has 2 saturated heterocycles. The lowest BCUT2D eigenvalue weighted by molar-refractivity contribution is -0.139. The van der Waals surface area contributed by atoms with Crippen molar-refractivity contribution >= 4 is 17.8 Å². The number of hydrogen-bond donors (Lipinski definition) is 2. The molecule has 2 heterocycles. The first-order valence-corrected chi connectivity index (χ1v) is 10.6. The molecular formula is C22H30FN3O4. The predicted octanol–water partition coefficient (Wildman–Crippen LogP) is 1.97. The van der Waals surface area contributed by atoms with Crippen molar-refractivity contribution in [3.63, 3.8) is 0 Å². The SMILES string of the molecule is NC(=O)C1CCN(CCC2CN(C(=O)c3ccc(F)cc3)CCC2CC(=O)O)CC1. The van der Waals surface area contributed by atoms with E-state index in [2.05, 4.69) is 4.90 Å². The Labute approximate surface area is 176 Å². The molecule has 7 nitrogen and oxygen atoms in total. The second kappa shape index (κ2) is 10.0. The molecule has 0 aromatic heterocycles. The van der Waals surface area contributed by atoms with E-state index in [1.54, 1.807) is 4.90 Å². The van der Waals surface area contributed by atoms with Gasteiger partial charge in [0.1, 0.15) is 5.82 Å². The van der Waals surface area contributed by atoms with Gasteiger partial charge >= 0.3 is 5.97 Å². The Bertz CT molecular complexity index is 762. The Balaban J connectivity index is 1.59. The smallest absolute Gasteiger partial charge is 0.303 e. The van der Waals surface area contributed by atoms with Gasteiger partial charge in [0.15, 0.2) is 0 Å². The molecule has 0 spiro atoms. The average Bonchev–Trinajstić information content (AvgIpc) is 2.73. The van der Waals surface area contributed by atoms with Gasteiger partial charge in [0, 0.05) is 31.0 Å². The van der Waals surface area contributed by atoms with Crippen LogP contribution in [0.4, 0.5) is 4.39 Å². The zero-order valence-corrected chi connectivity index (χ0v) is 17.1. The molecule has 2 atom stereocenters. The molecule has 2 unspecified atom stereocenters. The summed E-state index contributed by atoms with van der Waals surface area (Å²) in [7, 11) is 0. The molecule has 3 N–H and O–H groups in total. The largest absolute Gasteiger partial charge is 0.481 e. The standard InChI is InChI=1S/C22H30FN3O4/c23-19-3-1-16(2-4-19)22(30)26-12-8-17(13-20(27)28)18(14-26)7-11-25-9-5-15(6-10-25)21(24)29/h1-4,15,17-18H,5-14H2,(H2,24,29)(H,27,28). The summed E-state index contributed by atoms with van der Waals surface area (Å²) in [4.78, 5) is 39.5. The molecule has 8 heteroatoms. The minimum absolute atomic E-state index is 0.0305. The van der Waals surface area contributed by atoms with Crippen molar-refractivity contribution in [1.82, 2.24) is 9.80 Å². The van der Waals surface area contributed by atoms with E-state index in [1.165, 1.54) is 24.3 Å². The number of carbonyl (C=O) groups excluding carboxylic acids is 2. The van der Waals surface area contributed by atoms with Gasteiger partial charge in [-0.05, 0) is 81.4 Å². The summed E-state index contributed by atoms with van der Waals surface area (Å²) in [6.07, 6.45) is 3.06. The molecule has 1 aromatic rings. The Hall–Kier alpha value is -2.48. The van der Waals surface area contributed by atoms with E-state index in [9.17, 15) is 23.9 Å². The van der Waals surface area contributed by atoms with Crippen LogP contribution in [0.1, 0.15) is 42.5 Å². The van der Waals surface area contributed by atoms with Crippen LogP contribution in [0.2, 0.25) is 0 Å².